The molecule has 1 N–H and O–H groups in total. The van der Waals surface area contributed by atoms with Gasteiger partial charge in [-0.3, -0.25) is 4.79 Å². The van der Waals surface area contributed by atoms with E-state index < -0.39 is 6.10 Å². The summed E-state index contributed by atoms with van der Waals surface area (Å²) < 4.78 is 11.2. The second-order valence-corrected chi connectivity index (χ2v) is 6.09. The topological polar surface area (TPSA) is 47.6 Å². The first-order valence-corrected chi connectivity index (χ1v) is 8.88. The summed E-state index contributed by atoms with van der Waals surface area (Å²) in [6, 6.07) is 14.9. The minimum Gasteiger partial charge on any atom is -0.494 e. The van der Waals surface area contributed by atoms with Crippen LogP contribution in [0.4, 0.5) is 0 Å². The number of para-hydroxylation sites is 1. The van der Waals surface area contributed by atoms with Gasteiger partial charge in [0, 0.05) is 11.6 Å². The number of hydrogen-bond donors (Lipinski definition) is 1. The van der Waals surface area contributed by atoms with Crippen molar-refractivity contribution in [1.29, 1.82) is 0 Å². The Labute approximate surface area is 154 Å². The minimum absolute atomic E-state index is 0.131. The second kappa shape index (κ2) is 9.94. The fourth-order valence-corrected chi connectivity index (χ4v) is 2.54. The van der Waals surface area contributed by atoms with E-state index in [9.17, 15) is 4.79 Å². The van der Waals surface area contributed by atoms with Crippen LogP contribution in [-0.4, -0.2) is 25.2 Å². The van der Waals surface area contributed by atoms with Gasteiger partial charge in [0.15, 0.2) is 6.10 Å². The number of nitrogens with one attached hydrogen (secondary N) is 1. The molecule has 0 saturated carbocycles. The molecule has 0 aliphatic heterocycles. The molecule has 1 atom stereocenters. The largest absolute Gasteiger partial charge is 0.494 e. The van der Waals surface area contributed by atoms with Crippen molar-refractivity contribution in [3.63, 3.8) is 0 Å². The maximum Gasteiger partial charge on any atom is 0.260 e. The lowest BCUT2D eigenvalue weighted by Gasteiger charge is -2.15. The Balaban J connectivity index is 1.74. The fourth-order valence-electron chi connectivity index (χ4n) is 2.41. The minimum atomic E-state index is -0.558. The molecule has 2 aromatic carbocycles. The Morgan fingerprint density at radius 3 is 2.60 bits per heavy atom. The number of amides is 1. The van der Waals surface area contributed by atoms with E-state index in [2.05, 4.69) is 11.4 Å². The fraction of sp³-hybridized carbons (Fsp3) is 0.350. The third kappa shape index (κ3) is 6.31. The summed E-state index contributed by atoms with van der Waals surface area (Å²) in [6.07, 6.45) is 1.13. The number of carbonyl (C=O) groups excluding carboxylic acids is 1. The van der Waals surface area contributed by atoms with Crippen molar-refractivity contribution in [2.75, 3.05) is 13.2 Å². The van der Waals surface area contributed by atoms with Gasteiger partial charge < -0.3 is 14.8 Å². The predicted octanol–water partition coefficient (Wildman–Crippen LogP) is 4.26. The van der Waals surface area contributed by atoms with Crippen LogP contribution in [0, 0.1) is 0 Å². The van der Waals surface area contributed by atoms with Gasteiger partial charge in [-0.05, 0) is 62.6 Å². The molecule has 134 valence electrons. The zero-order valence-electron chi connectivity index (χ0n) is 14.6. The standard InChI is InChI=1S/C20H24ClNO3/c1-3-24-19-9-5-4-7-16(19)8-6-14-22-20(23)15(2)25-18-12-10-17(21)11-13-18/h4-5,7,9-13,15H,3,6,8,14H2,1-2H3,(H,22,23)/t15-/m1/s1. The molecule has 0 spiro atoms. The highest BCUT2D eigenvalue weighted by Crippen LogP contribution is 2.19. The van der Waals surface area contributed by atoms with E-state index in [1.54, 1.807) is 31.2 Å². The van der Waals surface area contributed by atoms with Crippen molar-refractivity contribution in [3.8, 4) is 11.5 Å². The van der Waals surface area contributed by atoms with Crippen molar-refractivity contribution < 1.29 is 14.3 Å². The highest BCUT2D eigenvalue weighted by Gasteiger charge is 2.14. The number of rotatable bonds is 9. The summed E-state index contributed by atoms with van der Waals surface area (Å²) in [5.74, 6) is 1.40. The van der Waals surface area contributed by atoms with Crippen LogP contribution in [0.5, 0.6) is 11.5 Å². The molecule has 2 aromatic rings. The maximum atomic E-state index is 12.1. The van der Waals surface area contributed by atoms with Gasteiger partial charge in [-0.25, -0.2) is 0 Å². The quantitative estimate of drug-likeness (QED) is 0.679. The molecule has 2 rings (SSSR count). The average Bonchev–Trinajstić information content (AvgIpc) is 2.62. The molecule has 0 aliphatic rings. The zero-order chi connectivity index (χ0) is 18.1. The predicted molar refractivity (Wildman–Crippen MR) is 100 cm³/mol. The molecule has 4 nitrogen and oxygen atoms in total. The SMILES string of the molecule is CCOc1ccccc1CCCNC(=O)[C@@H](C)Oc1ccc(Cl)cc1. The van der Waals surface area contributed by atoms with Gasteiger partial charge in [-0.1, -0.05) is 29.8 Å². The van der Waals surface area contributed by atoms with Gasteiger partial charge in [0.25, 0.3) is 5.91 Å². The first-order valence-electron chi connectivity index (χ1n) is 8.50. The number of hydrogen-bond acceptors (Lipinski definition) is 3. The molecular weight excluding hydrogens is 338 g/mol. The Hall–Kier alpha value is -2.20. The molecule has 0 fully saturated rings. The lowest BCUT2D eigenvalue weighted by molar-refractivity contribution is -0.127. The molecule has 0 aliphatic carbocycles. The van der Waals surface area contributed by atoms with Crippen LogP contribution < -0.4 is 14.8 Å². The van der Waals surface area contributed by atoms with Crippen molar-refractivity contribution in [2.24, 2.45) is 0 Å². The van der Waals surface area contributed by atoms with Crippen molar-refractivity contribution >= 4 is 17.5 Å². The van der Waals surface area contributed by atoms with E-state index in [0.717, 1.165) is 24.2 Å². The third-order valence-corrected chi connectivity index (χ3v) is 3.94. The van der Waals surface area contributed by atoms with Crippen LogP contribution in [0.1, 0.15) is 25.8 Å². The molecule has 0 bridgehead atoms. The van der Waals surface area contributed by atoms with E-state index >= 15 is 0 Å². The molecule has 0 aromatic heterocycles. The van der Waals surface area contributed by atoms with Crippen LogP contribution in [0.3, 0.4) is 0 Å². The van der Waals surface area contributed by atoms with Crippen molar-refractivity contribution in [2.45, 2.75) is 32.8 Å². The summed E-state index contributed by atoms with van der Waals surface area (Å²) in [7, 11) is 0. The van der Waals surface area contributed by atoms with Crippen LogP contribution >= 0.6 is 11.6 Å². The van der Waals surface area contributed by atoms with E-state index in [-0.39, 0.29) is 5.91 Å². The summed E-state index contributed by atoms with van der Waals surface area (Å²) in [6.45, 7) is 4.94. The molecule has 1 amide bonds. The van der Waals surface area contributed by atoms with Crippen LogP contribution in [0.2, 0.25) is 5.02 Å². The van der Waals surface area contributed by atoms with Gasteiger partial charge in [0.05, 0.1) is 6.61 Å². The van der Waals surface area contributed by atoms with Gasteiger partial charge >= 0.3 is 0 Å². The number of carbonyl (C=O) groups is 1. The first-order chi connectivity index (χ1) is 12.1. The second-order valence-electron chi connectivity index (χ2n) is 5.65. The normalized spacial score (nSPS) is 11.6. The summed E-state index contributed by atoms with van der Waals surface area (Å²) in [5, 5.41) is 3.54. The number of ether oxygens (including phenoxy) is 2. The highest BCUT2D eigenvalue weighted by molar-refractivity contribution is 6.30. The molecule has 5 heteroatoms. The number of aryl methyl sites for hydroxylation is 1. The van der Waals surface area contributed by atoms with Crippen LogP contribution in [0.25, 0.3) is 0 Å². The van der Waals surface area contributed by atoms with Gasteiger partial charge in [-0.15, -0.1) is 0 Å². The first kappa shape index (κ1) is 19.1. The highest BCUT2D eigenvalue weighted by atomic mass is 35.5. The van der Waals surface area contributed by atoms with Crippen LogP contribution in [-0.2, 0) is 11.2 Å². The van der Waals surface area contributed by atoms with E-state index in [1.807, 2.05) is 25.1 Å². The molecular formula is C20H24ClNO3. The van der Waals surface area contributed by atoms with Gasteiger partial charge in [-0.2, -0.15) is 0 Å². The molecule has 0 saturated heterocycles. The third-order valence-electron chi connectivity index (χ3n) is 3.69. The smallest absolute Gasteiger partial charge is 0.260 e. The maximum absolute atomic E-state index is 12.1. The molecule has 0 radical (unpaired) electrons. The lowest BCUT2D eigenvalue weighted by atomic mass is 10.1. The number of halogens is 1. The average molecular weight is 362 g/mol. The van der Waals surface area contributed by atoms with Crippen LogP contribution in [0.15, 0.2) is 48.5 Å². The van der Waals surface area contributed by atoms with E-state index in [1.165, 1.54) is 0 Å². The van der Waals surface area contributed by atoms with E-state index in [0.29, 0.717) is 23.9 Å². The van der Waals surface area contributed by atoms with Crippen molar-refractivity contribution in [1.82, 2.24) is 5.32 Å². The zero-order valence-corrected chi connectivity index (χ0v) is 15.4. The lowest BCUT2D eigenvalue weighted by Crippen LogP contribution is -2.36. The Bertz CT molecular complexity index is 673. The van der Waals surface area contributed by atoms with Crippen molar-refractivity contribution in [3.05, 3.63) is 59.1 Å². The molecule has 25 heavy (non-hydrogen) atoms. The Morgan fingerprint density at radius 1 is 1.16 bits per heavy atom. The molecule has 0 unspecified atom stereocenters. The summed E-state index contributed by atoms with van der Waals surface area (Å²) >= 11 is 5.83. The molecule has 0 heterocycles. The van der Waals surface area contributed by atoms with E-state index in [4.69, 9.17) is 21.1 Å². The summed E-state index contributed by atoms with van der Waals surface area (Å²) in [5.41, 5.74) is 1.16. The summed E-state index contributed by atoms with van der Waals surface area (Å²) in [4.78, 5) is 12.1. The van der Waals surface area contributed by atoms with Gasteiger partial charge in [0.1, 0.15) is 11.5 Å². The Morgan fingerprint density at radius 2 is 1.88 bits per heavy atom. The number of benzene rings is 2. The van der Waals surface area contributed by atoms with Gasteiger partial charge in [0.2, 0.25) is 0 Å². The Kier molecular flexibility index (Phi) is 7.61. The monoisotopic (exact) mass is 361 g/mol.